The molecule has 6 heteroatoms. The standard InChI is InChI=1S/C23H18N2O2S2/c1-15(26)24-19-11-12-20-22(13-19)29-23(25-20)28-14-21(27)18-9-7-17(8-10-18)16-5-3-2-4-6-16/h2-13H,14H2,1H3,(H,24,26). The largest absolute Gasteiger partial charge is 0.326 e. The third-order valence-electron chi connectivity index (χ3n) is 4.33. The average Bonchev–Trinajstić information content (AvgIpc) is 3.14. The molecule has 1 amide bonds. The minimum absolute atomic E-state index is 0.0767. The van der Waals surface area contributed by atoms with Gasteiger partial charge < -0.3 is 5.32 Å². The number of carbonyl (C=O) groups excluding carboxylic acids is 2. The smallest absolute Gasteiger partial charge is 0.221 e. The number of ketones is 1. The second-order valence-corrected chi connectivity index (χ2v) is 8.75. The van der Waals surface area contributed by atoms with Crippen molar-refractivity contribution in [2.45, 2.75) is 11.3 Å². The molecule has 0 bridgehead atoms. The average molecular weight is 419 g/mol. The van der Waals surface area contributed by atoms with Crippen molar-refractivity contribution in [1.82, 2.24) is 4.98 Å². The number of Topliss-reactive ketones (excluding diaryl/α,β-unsaturated/α-hetero) is 1. The molecule has 1 N–H and O–H groups in total. The highest BCUT2D eigenvalue weighted by atomic mass is 32.2. The third-order valence-corrected chi connectivity index (χ3v) is 6.49. The number of fused-ring (bicyclic) bond motifs is 1. The van der Waals surface area contributed by atoms with Gasteiger partial charge >= 0.3 is 0 Å². The van der Waals surface area contributed by atoms with E-state index in [1.807, 2.05) is 60.7 Å². The molecule has 0 unspecified atom stereocenters. The van der Waals surface area contributed by atoms with E-state index >= 15 is 0 Å². The van der Waals surface area contributed by atoms with Gasteiger partial charge in [-0.15, -0.1) is 11.3 Å². The predicted molar refractivity (Wildman–Crippen MR) is 121 cm³/mol. The van der Waals surface area contributed by atoms with E-state index in [1.54, 1.807) is 0 Å². The first-order valence-corrected chi connectivity index (χ1v) is 10.9. The highest BCUT2D eigenvalue weighted by molar-refractivity contribution is 8.01. The molecule has 0 saturated carbocycles. The van der Waals surface area contributed by atoms with Crippen molar-refractivity contribution in [1.29, 1.82) is 0 Å². The number of anilines is 1. The molecule has 3 aromatic carbocycles. The van der Waals surface area contributed by atoms with Crippen LogP contribution in [0.25, 0.3) is 21.3 Å². The van der Waals surface area contributed by atoms with Crippen LogP contribution in [-0.4, -0.2) is 22.4 Å². The summed E-state index contributed by atoms with van der Waals surface area (Å²) < 4.78 is 1.83. The molecular weight excluding hydrogens is 400 g/mol. The molecule has 0 aliphatic carbocycles. The minimum Gasteiger partial charge on any atom is -0.326 e. The number of nitrogens with zero attached hydrogens (tertiary/aromatic N) is 1. The maximum atomic E-state index is 12.6. The fourth-order valence-electron chi connectivity index (χ4n) is 2.94. The summed E-state index contributed by atoms with van der Waals surface area (Å²) in [7, 11) is 0. The summed E-state index contributed by atoms with van der Waals surface area (Å²) in [5, 5.41) is 2.77. The summed E-state index contributed by atoms with van der Waals surface area (Å²) in [6, 6.07) is 23.4. The fraction of sp³-hybridized carbons (Fsp3) is 0.0870. The van der Waals surface area contributed by atoms with Crippen molar-refractivity contribution in [3.05, 3.63) is 78.4 Å². The highest BCUT2D eigenvalue weighted by Crippen LogP contribution is 2.31. The predicted octanol–water partition coefficient (Wildman–Crippen LogP) is 5.90. The topological polar surface area (TPSA) is 59.1 Å². The van der Waals surface area contributed by atoms with Gasteiger partial charge in [-0.2, -0.15) is 0 Å². The highest BCUT2D eigenvalue weighted by Gasteiger charge is 2.11. The Morgan fingerprint density at radius 3 is 2.41 bits per heavy atom. The molecule has 29 heavy (non-hydrogen) atoms. The Balaban J connectivity index is 1.42. The van der Waals surface area contributed by atoms with Crippen LogP contribution in [-0.2, 0) is 4.79 Å². The number of benzene rings is 3. The first-order chi connectivity index (χ1) is 14.1. The van der Waals surface area contributed by atoms with Crippen molar-refractivity contribution in [2.75, 3.05) is 11.1 Å². The lowest BCUT2D eigenvalue weighted by atomic mass is 10.0. The lowest BCUT2D eigenvalue weighted by Crippen LogP contribution is -2.05. The first-order valence-electron chi connectivity index (χ1n) is 9.08. The molecule has 0 aliphatic heterocycles. The molecule has 0 radical (unpaired) electrons. The monoisotopic (exact) mass is 418 g/mol. The Bertz CT molecular complexity index is 1170. The molecule has 0 spiro atoms. The van der Waals surface area contributed by atoms with Gasteiger partial charge in [0.15, 0.2) is 10.1 Å². The van der Waals surface area contributed by atoms with Gasteiger partial charge in [-0.25, -0.2) is 4.98 Å². The number of amides is 1. The summed E-state index contributed by atoms with van der Waals surface area (Å²) in [6.45, 7) is 1.48. The summed E-state index contributed by atoms with van der Waals surface area (Å²) in [5.74, 6) is 0.309. The Morgan fingerprint density at radius 1 is 0.966 bits per heavy atom. The molecule has 4 rings (SSSR count). The van der Waals surface area contributed by atoms with Crippen LogP contribution in [0.5, 0.6) is 0 Å². The van der Waals surface area contributed by atoms with Crippen LogP contribution >= 0.6 is 23.1 Å². The van der Waals surface area contributed by atoms with Crippen molar-refractivity contribution in [3.63, 3.8) is 0 Å². The van der Waals surface area contributed by atoms with Gasteiger partial charge in [-0.3, -0.25) is 9.59 Å². The van der Waals surface area contributed by atoms with Crippen LogP contribution in [0.3, 0.4) is 0 Å². The summed E-state index contributed by atoms with van der Waals surface area (Å²) >= 11 is 2.96. The maximum absolute atomic E-state index is 12.6. The number of carbonyl (C=O) groups is 2. The van der Waals surface area contributed by atoms with Gasteiger partial charge in [0.1, 0.15) is 0 Å². The molecule has 144 valence electrons. The Morgan fingerprint density at radius 2 is 1.69 bits per heavy atom. The normalized spacial score (nSPS) is 10.8. The van der Waals surface area contributed by atoms with Crippen LogP contribution in [0.2, 0.25) is 0 Å². The number of thioether (sulfide) groups is 1. The number of aromatic nitrogens is 1. The number of hydrogen-bond acceptors (Lipinski definition) is 5. The van der Waals surface area contributed by atoms with Crippen molar-refractivity contribution in [3.8, 4) is 11.1 Å². The fourth-order valence-corrected chi connectivity index (χ4v) is 4.94. The molecule has 4 nitrogen and oxygen atoms in total. The van der Waals surface area contributed by atoms with Gasteiger partial charge in [0, 0.05) is 18.2 Å². The van der Waals surface area contributed by atoms with Crippen LogP contribution in [0.15, 0.2) is 77.1 Å². The van der Waals surface area contributed by atoms with Gasteiger partial charge in [0.05, 0.1) is 16.0 Å². The number of rotatable bonds is 6. The maximum Gasteiger partial charge on any atom is 0.221 e. The molecule has 0 fully saturated rings. The lowest BCUT2D eigenvalue weighted by Gasteiger charge is -2.03. The van der Waals surface area contributed by atoms with Crippen LogP contribution < -0.4 is 5.32 Å². The van der Waals surface area contributed by atoms with Gasteiger partial charge in [0.2, 0.25) is 5.91 Å². The Labute approximate surface area is 177 Å². The molecule has 4 aromatic rings. The SMILES string of the molecule is CC(=O)Nc1ccc2nc(SCC(=O)c3ccc(-c4ccccc4)cc3)sc2c1. The van der Waals surface area contributed by atoms with E-state index in [4.69, 9.17) is 0 Å². The minimum atomic E-state index is -0.104. The van der Waals surface area contributed by atoms with Gasteiger partial charge in [-0.05, 0) is 29.3 Å². The van der Waals surface area contributed by atoms with Crippen LogP contribution in [0, 0.1) is 0 Å². The van der Waals surface area contributed by atoms with E-state index in [0.29, 0.717) is 11.3 Å². The van der Waals surface area contributed by atoms with E-state index in [0.717, 1.165) is 31.4 Å². The Kier molecular flexibility index (Phi) is 5.74. The summed E-state index contributed by atoms with van der Waals surface area (Å²) in [6.07, 6.45) is 0. The van der Waals surface area contributed by atoms with Crippen LogP contribution in [0.1, 0.15) is 17.3 Å². The molecule has 0 aliphatic rings. The zero-order valence-corrected chi connectivity index (χ0v) is 17.3. The quantitative estimate of drug-likeness (QED) is 0.313. The molecule has 0 saturated heterocycles. The van der Waals surface area contributed by atoms with Crippen molar-refractivity contribution >= 4 is 50.7 Å². The van der Waals surface area contributed by atoms with E-state index in [-0.39, 0.29) is 11.7 Å². The van der Waals surface area contributed by atoms with Crippen molar-refractivity contribution in [2.24, 2.45) is 0 Å². The van der Waals surface area contributed by atoms with E-state index in [9.17, 15) is 9.59 Å². The Hall–Kier alpha value is -2.96. The third kappa shape index (κ3) is 4.72. The molecular formula is C23H18N2O2S2. The second kappa shape index (κ2) is 8.59. The number of hydrogen-bond donors (Lipinski definition) is 1. The van der Waals surface area contributed by atoms with E-state index in [2.05, 4.69) is 22.4 Å². The van der Waals surface area contributed by atoms with Gasteiger partial charge in [0.25, 0.3) is 0 Å². The lowest BCUT2D eigenvalue weighted by molar-refractivity contribution is -0.114. The summed E-state index contributed by atoms with van der Waals surface area (Å²) in [4.78, 5) is 28.3. The van der Waals surface area contributed by atoms with Crippen LogP contribution in [0.4, 0.5) is 5.69 Å². The number of thiazole rings is 1. The zero-order chi connectivity index (χ0) is 20.2. The second-order valence-electron chi connectivity index (χ2n) is 6.50. The first kappa shape index (κ1) is 19.4. The van der Waals surface area contributed by atoms with E-state index in [1.165, 1.54) is 30.0 Å². The van der Waals surface area contributed by atoms with E-state index < -0.39 is 0 Å². The number of nitrogens with one attached hydrogen (secondary N) is 1. The van der Waals surface area contributed by atoms with Gasteiger partial charge in [-0.1, -0.05) is 66.4 Å². The molecule has 0 atom stereocenters. The molecule has 1 heterocycles. The molecule has 1 aromatic heterocycles. The van der Waals surface area contributed by atoms with Crippen molar-refractivity contribution < 1.29 is 9.59 Å². The summed E-state index contributed by atoms with van der Waals surface area (Å²) in [5.41, 5.74) is 4.54. The zero-order valence-electron chi connectivity index (χ0n) is 15.7.